The molecule has 0 saturated carbocycles. The van der Waals surface area contributed by atoms with Crippen LogP contribution in [0.4, 0.5) is 0 Å². The lowest BCUT2D eigenvalue weighted by atomic mass is 9.97. The number of benzene rings is 2. The molecule has 7 heteroatoms. The summed E-state index contributed by atoms with van der Waals surface area (Å²) in [7, 11) is 0. The molecule has 29 heavy (non-hydrogen) atoms. The molecule has 0 atom stereocenters. The molecule has 3 aromatic rings. The van der Waals surface area contributed by atoms with Gasteiger partial charge in [-0.25, -0.2) is 4.98 Å². The Hall–Kier alpha value is -2.86. The van der Waals surface area contributed by atoms with Gasteiger partial charge in [0.25, 0.3) is 5.91 Å². The van der Waals surface area contributed by atoms with Crippen molar-refractivity contribution in [3.63, 3.8) is 0 Å². The summed E-state index contributed by atoms with van der Waals surface area (Å²) in [5.74, 6) is 0.264. The van der Waals surface area contributed by atoms with E-state index >= 15 is 0 Å². The lowest BCUT2D eigenvalue weighted by Crippen LogP contribution is -2.40. The number of fused-ring (bicyclic) bond motifs is 1. The third-order valence-electron chi connectivity index (χ3n) is 5.16. The first-order chi connectivity index (χ1) is 14.1. The SMILES string of the molecule is O=C(Cc1ccccc1Cl)OCC(=O)N1CCC(c2nc3ccccc3o2)CC1. The zero-order valence-corrected chi connectivity index (χ0v) is 16.6. The number of halogens is 1. The Bertz CT molecular complexity index is 991. The molecule has 1 amide bonds. The Balaban J connectivity index is 1.25. The van der Waals surface area contributed by atoms with Crippen LogP contribution in [0.2, 0.25) is 5.02 Å². The molecular weight excluding hydrogens is 392 g/mol. The van der Waals surface area contributed by atoms with Crippen LogP contribution in [-0.4, -0.2) is 41.5 Å². The summed E-state index contributed by atoms with van der Waals surface area (Å²) in [5, 5.41) is 0.511. The first-order valence-electron chi connectivity index (χ1n) is 9.62. The minimum absolute atomic E-state index is 0.0484. The molecule has 0 bridgehead atoms. The fourth-order valence-corrected chi connectivity index (χ4v) is 3.72. The number of rotatable bonds is 5. The molecule has 4 rings (SSSR count). The number of hydrogen-bond acceptors (Lipinski definition) is 5. The van der Waals surface area contributed by atoms with Gasteiger partial charge in [0.05, 0.1) is 6.42 Å². The Kier molecular flexibility index (Phi) is 5.81. The van der Waals surface area contributed by atoms with Crippen LogP contribution in [0.15, 0.2) is 52.9 Å². The van der Waals surface area contributed by atoms with Gasteiger partial charge in [0.1, 0.15) is 5.52 Å². The van der Waals surface area contributed by atoms with Gasteiger partial charge in [0.15, 0.2) is 18.1 Å². The number of amides is 1. The fraction of sp³-hybridized carbons (Fsp3) is 0.318. The summed E-state index contributed by atoms with van der Waals surface area (Å²) < 4.78 is 11.0. The van der Waals surface area contributed by atoms with E-state index in [0.717, 1.165) is 29.8 Å². The van der Waals surface area contributed by atoms with Crippen molar-refractivity contribution in [3.8, 4) is 0 Å². The van der Waals surface area contributed by atoms with Gasteiger partial charge in [0.2, 0.25) is 0 Å². The van der Waals surface area contributed by atoms with Gasteiger partial charge in [-0.1, -0.05) is 41.9 Å². The van der Waals surface area contributed by atoms with Gasteiger partial charge in [-0.05, 0) is 36.6 Å². The van der Waals surface area contributed by atoms with E-state index in [0.29, 0.717) is 23.7 Å². The van der Waals surface area contributed by atoms with Crippen LogP contribution in [0.25, 0.3) is 11.1 Å². The Morgan fingerprint density at radius 1 is 1.10 bits per heavy atom. The zero-order chi connectivity index (χ0) is 20.2. The maximum atomic E-state index is 12.4. The molecule has 0 N–H and O–H groups in total. The monoisotopic (exact) mass is 412 g/mol. The highest BCUT2D eigenvalue weighted by molar-refractivity contribution is 6.31. The quantitative estimate of drug-likeness (QED) is 0.593. The highest BCUT2D eigenvalue weighted by Gasteiger charge is 2.27. The average Bonchev–Trinajstić information content (AvgIpc) is 3.18. The van der Waals surface area contributed by atoms with E-state index in [1.54, 1.807) is 29.2 Å². The number of nitrogens with zero attached hydrogens (tertiary/aromatic N) is 2. The first kappa shape index (κ1) is 19.5. The number of esters is 1. The summed E-state index contributed by atoms with van der Waals surface area (Å²) in [4.78, 5) is 30.7. The predicted octanol–water partition coefficient (Wildman–Crippen LogP) is 3.97. The van der Waals surface area contributed by atoms with E-state index < -0.39 is 5.97 Å². The minimum atomic E-state index is -0.465. The van der Waals surface area contributed by atoms with E-state index in [9.17, 15) is 9.59 Å². The van der Waals surface area contributed by atoms with Crippen molar-refractivity contribution in [2.24, 2.45) is 0 Å². The molecular formula is C22H21ClN2O4. The molecule has 150 valence electrons. The van der Waals surface area contributed by atoms with Crippen LogP contribution in [0.1, 0.15) is 30.2 Å². The van der Waals surface area contributed by atoms with Gasteiger partial charge < -0.3 is 14.1 Å². The van der Waals surface area contributed by atoms with Crippen molar-refractivity contribution in [1.29, 1.82) is 0 Å². The Morgan fingerprint density at radius 3 is 2.59 bits per heavy atom. The Labute approximate surface area is 173 Å². The number of ether oxygens (including phenoxy) is 1. The standard InChI is InChI=1S/C22H21ClN2O4/c23-17-6-2-1-5-16(17)13-21(27)28-14-20(26)25-11-9-15(10-12-25)22-24-18-7-3-4-8-19(18)29-22/h1-8,15H,9-14H2. The number of piperidine rings is 1. The Morgan fingerprint density at radius 2 is 1.83 bits per heavy atom. The molecule has 0 unspecified atom stereocenters. The molecule has 1 aliphatic rings. The van der Waals surface area contributed by atoms with Crippen molar-refractivity contribution in [3.05, 3.63) is 65.0 Å². The number of carbonyl (C=O) groups is 2. The number of carbonyl (C=O) groups excluding carboxylic acids is 2. The van der Waals surface area contributed by atoms with E-state index in [-0.39, 0.29) is 24.9 Å². The highest BCUT2D eigenvalue weighted by Crippen LogP contribution is 2.29. The lowest BCUT2D eigenvalue weighted by Gasteiger charge is -2.30. The van der Waals surface area contributed by atoms with Gasteiger partial charge in [0, 0.05) is 24.0 Å². The van der Waals surface area contributed by atoms with Crippen molar-refractivity contribution < 1.29 is 18.7 Å². The third kappa shape index (κ3) is 4.59. The van der Waals surface area contributed by atoms with Crippen LogP contribution < -0.4 is 0 Å². The molecule has 6 nitrogen and oxygen atoms in total. The van der Waals surface area contributed by atoms with Crippen molar-refractivity contribution in [1.82, 2.24) is 9.88 Å². The summed E-state index contributed by atoms with van der Waals surface area (Å²) in [6.07, 6.45) is 1.59. The topological polar surface area (TPSA) is 72.6 Å². The summed E-state index contributed by atoms with van der Waals surface area (Å²) in [5.41, 5.74) is 2.32. The van der Waals surface area contributed by atoms with E-state index in [4.69, 9.17) is 20.8 Å². The summed E-state index contributed by atoms with van der Waals surface area (Å²) in [6, 6.07) is 14.8. The number of likely N-dealkylation sites (tertiary alicyclic amines) is 1. The zero-order valence-electron chi connectivity index (χ0n) is 15.8. The maximum Gasteiger partial charge on any atom is 0.310 e. The molecule has 0 aliphatic carbocycles. The van der Waals surface area contributed by atoms with Crippen LogP contribution >= 0.6 is 11.6 Å². The third-order valence-corrected chi connectivity index (χ3v) is 5.53. The number of para-hydroxylation sites is 2. The normalized spacial score (nSPS) is 14.9. The second-order valence-electron chi connectivity index (χ2n) is 7.10. The molecule has 1 saturated heterocycles. The van der Waals surface area contributed by atoms with Gasteiger partial charge in [-0.3, -0.25) is 9.59 Å². The predicted molar refractivity (Wildman–Crippen MR) is 109 cm³/mol. The second kappa shape index (κ2) is 8.66. The molecule has 2 heterocycles. The molecule has 1 aromatic heterocycles. The summed E-state index contributed by atoms with van der Waals surface area (Å²) >= 11 is 6.05. The lowest BCUT2D eigenvalue weighted by molar-refractivity contribution is -0.152. The fourth-order valence-electron chi connectivity index (χ4n) is 3.52. The van der Waals surface area contributed by atoms with Crippen molar-refractivity contribution in [2.75, 3.05) is 19.7 Å². The second-order valence-corrected chi connectivity index (χ2v) is 7.51. The minimum Gasteiger partial charge on any atom is -0.455 e. The van der Waals surface area contributed by atoms with Crippen LogP contribution in [0, 0.1) is 0 Å². The molecule has 0 spiro atoms. The first-order valence-corrected chi connectivity index (χ1v) is 10.0. The molecule has 1 aliphatic heterocycles. The molecule has 0 radical (unpaired) electrons. The van der Waals surface area contributed by atoms with Gasteiger partial charge >= 0.3 is 5.97 Å². The molecule has 1 fully saturated rings. The van der Waals surface area contributed by atoms with E-state index in [1.807, 2.05) is 24.3 Å². The van der Waals surface area contributed by atoms with Crippen LogP contribution in [-0.2, 0) is 20.7 Å². The maximum absolute atomic E-state index is 12.4. The largest absolute Gasteiger partial charge is 0.455 e. The highest BCUT2D eigenvalue weighted by atomic mass is 35.5. The molecule has 2 aromatic carbocycles. The smallest absolute Gasteiger partial charge is 0.310 e. The van der Waals surface area contributed by atoms with E-state index in [1.165, 1.54) is 0 Å². The van der Waals surface area contributed by atoms with Gasteiger partial charge in [-0.2, -0.15) is 0 Å². The summed E-state index contributed by atoms with van der Waals surface area (Å²) in [6.45, 7) is 0.922. The van der Waals surface area contributed by atoms with Crippen molar-refractivity contribution >= 4 is 34.6 Å². The number of aromatic nitrogens is 1. The van der Waals surface area contributed by atoms with Crippen LogP contribution in [0.5, 0.6) is 0 Å². The van der Waals surface area contributed by atoms with Crippen LogP contribution in [0.3, 0.4) is 0 Å². The van der Waals surface area contributed by atoms with Gasteiger partial charge in [-0.15, -0.1) is 0 Å². The number of hydrogen-bond donors (Lipinski definition) is 0. The average molecular weight is 413 g/mol. The van der Waals surface area contributed by atoms with Crippen molar-refractivity contribution in [2.45, 2.75) is 25.2 Å². The van der Waals surface area contributed by atoms with E-state index in [2.05, 4.69) is 4.98 Å². The number of oxazole rings is 1.